The molecule has 3 heterocycles. The van der Waals surface area contributed by atoms with Crippen LogP contribution in [-0.2, 0) is 9.53 Å². The summed E-state index contributed by atoms with van der Waals surface area (Å²) in [5.41, 5.74) is 9.57. The molecule has 1 aromatic carbocycles. The number of carbonyl (C=O) groups is 2. The topological polar surface area (TPSA) is 122 Å². The highest BCUT2D eigenvalue weighted by atomic mass is 32.1. The molecule has 0 spiro atoms. The predicted octanol–water partition coefficient (Wildman–Crippen LogP) is 4.54. The Bertz CT molecular complexity index is 1370. The van der Waals surface area contributed by atoms with E-state index in [9.17, 15) is 9.59 Å². The Kier molecular flexibility index (Phi) is 7.49. The Morgan fingerprint density at radius 1 is 1.19 bits per heavy atom. The van der Waals surface area contributed by atoms with Crippen molar-refractivity contribution in [2.45, 2.75) is 12.8 Å². The maximum atomic E-state index is 13.7. The van der Waals surface area contributed by atoms with E-state index in [-0.39, 0.29) is 18.1 Å². The Hall–Kier alpha value is -4.31. The molecule has 1 atom stereocenters. The van der Waals surface area contributed by atoms with Gasteiger partial charge in [0.15, 0.2) is 11.5 Å². The van der Waals surface area contributed by atoms with Crippen LogP contribution >= 0.6 is 11.3 Å². The van der Waals surface area contributed by atoms with E-state index in [1.54, 1.807) is 37.5 Å². The largest absolute Gasteiger partial charge is 0.493 e. The van der Waals surface area contributed by atoms with E-state index < -0.39 is 11.9 Å². The van der Waals surface area contributed by atoms with Crippen LogP contribution in [0.2, 0.25) is 0 Å². The first-order valence-electron chi connectivity index (χ1n) is 11.3. The maximum Gasteiger partial charge on any atom is 0.337 e. The summed E-state index contributed by atoms with van der Waals surface area (Å²) in [7, 11) is 4.45. The summed E-state index contributed by atoms with van der Waals surface area (Å²) in [5.74, 6) is -0.341. The fourth-order valence-electron chi connectivity index (χ4n) is 4.31. The SMILES string of the molecule is C=CCOC(=O)C1=C(C)Nc2sc(C(=O)c3cc(OC)c(OC)c(OC)c3)c(N)c2C1c1cccnc1. The average Bonchev–Trinajstić information content (AvgIpc) is 3.25. The molecule has 0 saturated carbocycles. The molecule has 192 valence electrons. The molecule has 0 fully saturated rings. The van der Waals surface area contributed by atoms with Crippen LogP contribution in [-0.4, -0.2) is 44.7 Å². The van der Waals surface area contributed by atoms with Gasteiger partial charge in [0.05, 0.1) is 37.6 Å². The third-order valence-electron chi connectivity index (χ3n) is 5.97. The zero-order chi connectivity index (χ0) is 26.7. The minimum atomic E-state index is -0.583. The summed E-state index contributed by atoms with van der Waals surface area (Å²) >= 11 is 1.21. The summed E-state index contributed by atoms with van der Waals surface area (Å²) in [4.78, 5) is 31.4. The molecular formula is C27H27N3O6S. The van der Waals surface area contributed by atoms with Crippen molar-refractivity contribution in [3.63, 3.8) is 0 Å². The number of nitrogens with one attached hydrogen (secondary N) is 1. The average molecular weight is 522 g/mol. The summed E-state index contributed by atoms with van der Waals surface area (Å²) in [6.07, 6.45) is 4.82. The Morgan fingerprint density at radius 3 is 2.46 bits per heavy atom. The van der Waals surface area contributed by atoms with Crippen molar-refractivity contribution in [1.82, 2.24) is 4.98 Å². The third kappa shape index (κ3) is 4.63. The number of aromatic nitrogens is 1. The molecule has 9 nitrogen and oxygen atoms in total. The molecule has 0 saturated heterocycles. The van der Waals surface area contributed by atoms with Gasteiger partial charge in [0.25, 0.3) is 0 Å². The number of anilines is 2. The number of pyridine rings is 1. The van der Waals surface area contributed by atoms with Gasteiger partial charge < -0.3 is 30.0 Å². The molecule has 1 aliphatic rings. The van der Waals surface area contributed by atoms with Crippen molar-refractivity contribution < 1.29 is 28.5 Å². The number of nitrogens with zero attached hydrogens (tertiary/aromatic N) is 1. The lowest BCUT2D eigenvalue weighted by atomic mass is 9.82. The number of ether oxygens (including phenoxy) is 4. The second-order valence-electron chi connectivity index (χ2n) is 8.10. The first-order chi connectivity index (χ1) is 17.9. The molecular weight excluding hydrogens is 494 g/mol. The number of fused-ring (bicyclic) bond motifs is 1. The van der Waals surface area contributed by atoms with Crippen molar-refractivity contribution in [2.24, 2.45) is 0 Å². The number of benzene rings is 1. The zero-order valence-corrected chi connectivity index (χ0v) is 21.7. The number of allylic oxidation sites excluding steroid dienone is 1. The minimum Gasteiger partial charge on any atom is -0.493 e. The lowest BCUT2D eigenvalue weighted by molar-refractivity contribution is -0.138. The second-order valence-corrected chi connectivity index (χ2v) is 9.12. The van der Waals surface area contributed by atoms with Crippen LogP contribution in [0.25, 0.3) is 0 Å². The highest BCUT2D eigenvalue weighted by molar-refractivity contribution is 7.19. The number of nitrogens with two attached hydrogens (primary N) is 1. The number of hydrogen-bond donors (Lipinski definition) is 2. The van der Waals surface area contributed by atoms with E-state index in [4.69, 9.17) is 24.7 Å². The van der Waals surface area contributed by atoms with Crippen molar-refractivity contribution in [3.05, 3.63) is 82.2 Å². The normalized spacial score (nSPS) is 14.3. The summed E-state index contributed by atoms with van der Waals surface area (Å²) in [6.45, 7) is 5.46. The molecule has 0 aliphatic carbocycles. The number of esters is 1. The van der Waals surface area contributed by atoms with Crippen LogP contribution in [0.15, 0.2) is 60.6 Å². The van der Waals surface area contributed by atoms with Gasteiger partial charge >= 0.3 is 5.97 Å². The van der Waals surface area contributed by atoms with Gasteiger partial charge in [0, 0.05) is 35.1 Å². The summed E-state index contributed by atoms with van der Waals surface area (Å²) < 4.78 is 21.6. The second kappa shape index (κ2) is 10.8. The molecule has 1 unspecified atom stereocenters. The molecule has 0 amide bonds. The zero-order valence-electron chi connectivity index (χ0n) is 20.9. The van der Waals surface area contributed by atoms with Gasteiger partial charge in [-0.25, -0.2) is 4.79 Å². The number of rotatable bonds is 9. The van der Waals surface area contributed by atoms with E-state index in [0.717, 1.165) is 5.56 Å². The van der Waals surface area contributed by atoms with Crippen LogP contribution < -0.4 is 25.3 Å². The molecule has 37 heavy (non-hydrogen) atoms. The lowest BCUT2D eigenvalue weighted by Crippen LogP contribution is -2.24. The molecule has 0 radical (unpaired) electrons. The van der Waals surface area contributed by atoms with Crippen molar-refractivity contribution in [1.29, 1.82) is 0 Å². The predicted molar refractivity (Wildman–Crippen MR) is 142 cm³/mol. The third-order valence-corrected chi connectivity index (χ3v) is 7.10. The number of hydrogen-bond acceptors (Lipinski definition) is 10. The molecule has 1 aliphatic heterocycles. The Balaban J connectivity index is 1.85. The van der Waals surface area contributed by atoms with Gasteiger partial charge in [-0.1, -0.05) is 18.7 Å². The van der Waals surface area contributed by atoms with E-state index in [2.05, 4.69) is 16.9 Å². The highest BCUT2D eigenvalue weighted by Crippen LogP contribution is 2.51. The lowest BCUT2D eigenvalue weighted by Gasteiger charge is -2.28. The maximum absolute atomic E-state index is 13.7. The van der Waals surface area contributed by atoms with Crippen molar-refractivity contribution in [2.75, 3.05) is 39.0 Å². The molecule has 10 heteroatoms. The van der Waals surface area contributed by atoms with Crippen molar-refractivity contribution >= 4 is 33.8 Å². The van der Waals surface area contributed by atoms with E-state index in [1.165, 1.54) is 38.7 Å². The molecule has 2 aromatic heterocycles. The fraction of sp³-hybridized carbons (Fsp3) is 0.222. The molecule has 0 bridgehead atoms. The molecule has 3 aromatic rings. The molecule has 3 N–H and O–H groups in total. The fourth-order valence-corrected chi connectivity index (χ4v) is 5.49. The van der Waals surface area contributed by atoms with Gasteiger partial charge in [0.1, 0.15) is 11.5 Å². The van der Waals surface area contributed by atoms with Gasteiger partial charge in [-0.05, 0) is 30.7 Å². The first kappa shape index (κ1) is 25.8. The van der Waals surface area contributed by atoms with Crippen LogP contribution in [0.4, 0.5) is 10.7 Å². The number of nitrogen functional groups attached to an aromatic ring is 1. The monoisotopic (exact) mass is 521 g/mol. The quantitative estimate of drug-likeness (QED) is 0.237. The van der Waals surface area contributed by atoms with E-state index in [0.29, 0.717) is 49.5 Å². The van der Waals surface area contributed by atoms with Crippen LogP contribution in [0.5, 0.6) is 17.2 Å². The first-order valence-corrected chi connectivity index (χ1v) is 12.1. The minimum absolute atomic E-state index is 0.0617. The molecule has 4 rings (SSSR count). The number of carbonyl (C=O) groups excluding carboxylic acids is 2. The highest BCUT2D eigenvalue weighted by Gasteiger charge is 2.38. The van der Waals surface area contributed by atoms with Crippen LogP contribution in [0.1, 0.15) is 39.2 Å². The Labute approximate surface area is 218 Å². The number of thiophene rings is 1. The summed E-state index contributed by atoms with van der Waals surface area (Å²) in [6, 6.07) is 6.80. The van der Waals surface area contributed by atoms with E-state index in [1.807, 2.05) is 6.07 Å². The van der Waals surface area contributed by atoms with Crippen LogP contribution in [0, 0.1) is 0 Å². The van der Waals surface area contributed by atoms with Gasteiger partial charge in [-0.2, -0.15) is 0 Å². The van der Waals surface area contributed by atoms with Crippen molar-refractivity contribution in [3.8, 4) is 17.2 Å². The van der Waals surface area contributed by atoms with Crippen LogP contribution in [0.3, 0.4) is 0 Å². The number of methoxy groups -OCH3 is 3. The number of ketones is 1. The van der Waals surface area contributed by atoms with E-state index >= 15 is 0 Å². The smallest absolute Gasteiger partial charge is 0.337 e. The van der Waals surface area contributed by atoms with Gasteiger partial charge in [-0.15, -0.1) is 11.3 Å². The van der Waals surface area contributed by atoms with Gasteiger partial charge in [0.2, 0.25) is 11.5 Å². The Morgan fingerprint density at radius 2 is 1.89 bits per heavy atom. The standard InChI is InChI=1S/C27H27N3O6S/c1-6-10-36-27(32)19-14(2)30-26-21(20(19)15-8-7-9-29-13-15)22(28)25(37-26)23(31)16-11-17(33-3)24(35-5)18(12-16)34-4/h6-9,11-13,20,30H,1,10,28H2,2-5H3. The van der Waals surface area contributed by atoms with Gasteiger partial charge in [-0.3, -0.25) is 9.78 Å². The summed E-state index contributed by atoms with van der Waals surface area (Å²) in [5, 5.41) is 3.91.